The highest BCUT2D eigenvalue weighted by molar-refractivity contribution is 6.07. The summed E-state index contributed by atoms with van der Waals surface area (Å²) in [5, 5.41) is 8.83. The molecule has 5 heteroatoms. The van der Waals surface area contributed by atoms with Gasteiger partial charge >= 0.3 is 0 Å². The van der Waals surface area contributed by atoms with Gasteiger partial charge in [0.1, 0.15) is 5.78 Å². The molecule has 0 fully saturated rings. The van der Waals surface area contributed by atoms with Gasteiger partial charge < -0.3 is 0 Å². The van der Waals surface area contributed by atoms with Crippen molar-refractivity contribution < 1.29 is 19.6 Å². The lowest BCUT2D eigenvalue weighted by Gasteiger charge is -2.11. The fourth-order valence-corrected chi connectivity index (χ4v) is 0.582. The van der Waals surface area contributed by atoms with Gasteiger partial charge in [-0.2, -0.15) is 5.06 Å². The zero-order valence-corrected chi connectivity index (χ0v) is 7.53. The Morgan fingerprint density at radius 2 is 1.77 bits per heavy atom. The molecular weight excluding hydrogens is 174 g/mol. The predicted octanol–water partition coefficient (Wildman–Crippen LogP) is 0.286. The fourth-order valence-electron chi connectivity index (χ4n) is 0.582. The predicted molar refractivity (Wildman–Crippen MR) is 43.8 cm³/mol. The largest absolute Gasteiger partial charge is 0.299 e. The lowest BCUT2D eigenvalue weighted by atomic mass is 10.2. The van der Waals surface area contributed by atoms with E-state index in [1.807, 2.05) is 0 Å². The van der Waals surface area contributed by atoms with Crippen molar-refractivity contribution in [3.63, 3.8) is 0 Å². The number of carbonyl (C=O) groups excluding carboxylic acids is 3. The summed E-state index contributed by atoms with van der Waals surface area (Å²) < 4.78 is 0. The number of ketones is 1. The van der Waals surface area contributed by atoms with Gasteiger partial charge in [0.25, 0.3) is 11.8 Å². The van der Waals surface area contributed by atoms with E-state index in [0.717, 1.165) is 0 Å². The van der Waals surface area contributed by atoms with Crippen molar-refractivity contribution in [2.75, 3.05) is 0 Å². The van der Waals surface area contributed by atoms with Crippen molar-refractivity contribution in [1.82, 2.24) is 5.06 Å². The highest BCUT2D eigenvalue weighted by Gasteiger charge is 2.20. The Morgan fingerprint density at radius 1 is 1.31 bits per heavy atom. The van der Waals surface area contributed by atoms with E-state index in [4.69, 9.17) is 5.21 Å². The zero-order chi connectivity index (χ0) is 10.6. The Hall–Kier alpha value is -1.49. The molecule has 0 radical (unpaired) electrons. The Labute approximate surface area is 75.6 Å². The summed E-state index contributed by atoms with van der Waals surface area (Å²) in [4.78, 5) is 32.3. The molecule has 0 aromatic rings. The van der Waals surface area contributed by atoms with Crippen LogP contribution in [0.25, 0.3) is 0 Å². The van der Waals surface area contributed by atoms with Gasteiger partial charge in [0.05, 0.1) is 6.42 Å². The van der Waals surface area contributed by atoms with Crippen molar-refractivity contribution in [1.29, 1.82) is 0 Å². The van der Waals surface area contributed by atoms with Crippen LogP contribution in [0.1, 0.15) is 20.3 Å². The molecule has 0 atom stereocenters. The molecule has 0 aliphatic rings. The van der Waals surface area contributed by atoms with E-state index in [-0.39, 0.29) is 10.6 Å². The molecule has 1 N–H and O–H groups in total. The molecular formula is C8H11NO4. The van der Waals surface area contributed by atoms with Crippen molar-refractivity contribution in [2.45, 2.75) is 20.3 Å². The third-order valence-electron chi connectivity index (χ3n) is 1.19. The van der Waals surface area contributed by atoms with Crippen LogP contribution in [-0.4, -0.2) is 27.9 Å². The minimum Gasteiger partial charge on any atom is -0.299 e. The molecule has 0 heterocycles. The van der Waals surface area contributed by atoms with E-state index in [9.17, 15) is 14.4 Å². The number of hydrogen-bond donors (Lipinski definition) is 1. The van der Waals surface area contributed by atoms with Crippen molar-refractivity contribution in [2.24, 2.45) is 0 Å². The van der Waals surface area contributed by atoms with Gasteiger partial charge in [0, 0.05) is 5.57 Å². The van der Waals surface area contributed by atoms with Crippen LogP contribution in [-0.2, 0) is 14.4 Å². The number of amides is 2. The minimum atomic E-state index is -0.944. The number of imide groups is 1. The van der Waals surface area contributed by atoms with Gasteiger partial charge in [0.2, 0.25) is 0 Å². The SMILES string of the molecule is C=C(C)C(=O)N(O)C(=O)CC(C)=O. The second-order valence-corrected chi connectivity index (χ2v) is 2.67. The summed E-state index contributed by atoms with van der Waals surface area (Å²) >= 11 is 0. The molecule has 0 rings (SSSR count). The van der Waals surface area contributed by atoms with Crippen LogP contribution in [0.15, 0.2) is 12.2 Å². The molecule has 13 heavy (non-hydrogen) atoms. The van der Waals surface area contributed by atoms with Crippen LogP contribution < -0.4 is 0 Å². The van der Waals surface area contributed by atoms with E-state index in [0.29, 0.717) is 0 Å². The number of Topliss-reactive ketones (excluding diaryl/α,β-unsaturated/α-hetero) is 1. The average Bonchev–Trinajstić information content (AvgIpc) is 2.00. The van der Waals surface area contributed by atoms with Gasteiger partial charge in [0.15, 0.2) is 0 Å². The van der Waals surface area contributed by atoms with Crippen LogP contribution in [0.4, 0.5) is 0 Å². The quantitative estimate of drug-likeness (QED) is 0.297. The molecule has 5 nitrogen and oxygen atoms in total. The van der Waals surface area contributed by atoms with E-state index in [1.54, 1.807) is 0 Å². The van der Waals surface area contributed by atoms with Crippen LogP contribution >= 0.6 is 0 Å². The summed E-state index contributed by atoms with van der Waals surface area (Å²) in [7, 11) is 0. The monoisotopic (exact) mass is 185 g/mol. The first-order valence-corrected chi connectivity index (χ1v) is 3.57. The van der Waals surface area contributed by atoms with Gasteiger partial charge in [-0.1, -0.05) is 6.58 Å². The third-order valence-corrected chi connectivity index (χ3v) is 1.19. The zero-order valence-electron chi connectivity index (χ0n) is 7.53. The Balaban J connectivity index is 4.34. The van der Waals surface area contributed by atoms with Crippen molar-refractivity contribution in [3.05, 3.63) is 12.2 Å². The van der Waals surface area contributed by atoms with Crippen LogP contribution in [0.3, 0.4) is 0 Å². The number of carbonyl (C=O) groups is 3. The summed E-state index contributed by atoms with van der Waals surface area (Å²) in [6.45, 7) is 5.79. The van der Waals surface area contributed by atoms with E-state index in [1.165, 1.54) is 13.8 Å². The first-order valence-electron chi connectivity index (χ1n) is 3.57. The molecule has 0 bridgehead atoms. The maximum Gasteiger partial charge on any atom is 0.279 e. The van der Waals surface area contributed by atoms with Crippen LogP contribution in [0.5, 0.6) is 0 Å². The smallest absolute Gasteiger partial charge is 0.279 e. The first-order chi connectivity index (χ1) is 5.86. The summed E-state index contributed by atoms with van der Waals surface area (Å²) in [6, 6.07) is 0. The topological polar surface area (TPSA) is 74.7 Å². The first kappa shape index (κ1) is 11.5. The second kappa shape index (κ2) is 4.51. The van der Waals surface area contributed by atoms with Crippen molar-refractivity contribution in [3.8, 4) is 0 Å². The number of nitrogens with zero attached hydrogens (tertiary/aromatic N) is 1. The number of hydroxylamine groups is 2. The molecule has 0 aromatic carbocycles. The third kappa shape index (κ3) is 3.62. The molecule has 0 unspecified atom stereocenters. The van der Waals surface area contributed by atoms with Gasteiger partial charge in [-0.05, 0) is 13.8 Å². The highest BCUT2D eigenvalue weighted by Crippen LogP contribution is 1.98. The lowest BCUT2D eigenvalue weighted by molar-refractivity contribution is -0.176. The summed E-state index contributed by atoms with van der Waals surface area (Å²) in [6.07, 6.45) is -0.491. The van der Waals surface area contributed by atoms with E-state index < -0.39 is 24.0 Å². The standard InChI is InChI=1S/C8H11NO4/c1-5(2)8(12)9(13)7(11)4-6(3)10/h13H,1,4H2,2-3H3. The second-order valence-electron chi connectivity index (χ2n) is 2.67. The van der Waals surface area contributed by atoms with Crippen LogP contribution in [0, 0.1) is 0 Å². The van der Waals surface area contributed by atoms with Gasteiger partial charge in [-0.3, -0.25) is 19.6 Å². The number of hydrogen-bond acceptors (Lipinski definition) is 4. The fraction of sp³-hybridized carbons (Fsp3) is 0.375. The number of rotatable bonds is 3. The maximum atomic E-state index is 10.9. The maximum absolute atomic E-state index is 10.9. The van der Waals surface area contributed by atoms with E-state index in [2.05, 4.69) is 6.58 Å². The van der Waals surface area contributed by atoms with Gasteiger partial charge in [-0.25, -0.2) is 0 Å². The van der Waals surface area contributed by atoms with Crippen molar-refractivity contribution >= 4 is 17.6 Å². The minimum absolute atomic E-state index is 0.0272. The Bertz CT molecular complexity index is 269. The molecule has 0 aromatic heterocycles. The molecule has 0 saturated heterocycles. The molecule has 0 aliphatic carbocycles. The summed E-state index contributed by atoms with van der Waals surface area (Å²) in [5.74, 6) is -2.26. The Morgan fingerprint density at radius 3 is 2.08 bits per heavy atom. The molecule has 2 amide bonds. The highest BCUT2D eigenvalue weighted by atomic mass is 16.5. The lowest BCUT2D eigenvalue weighted by Crippen LogP contribution is -2.34. The normalized spacial score (nSPS) is 9.15. The van der Waals surface area contributed by atoms with Gasteiger partial charge in [-0.15, -0.1) is 0 Å². The summed E-state index contributed by atoms with van der Waals surface area (Å²) in [5.41, 5.74) is 0.0272. The van der Waals surface area contributed by atoms with Crippen LogP contribution in [0.2, 0.25) is 0 Å². The molecule has 0 spiro atoms. The van der Waals surface area contributed by atoms with E-state index >= 15 is 0 Å². The molecule has 0 saturated carbocycles. The molecule has 72 valence electrons. The Kier molecular flexibility index (Phi) is 4.00. The molecule has 0 aliphatic heterocycles. The average molecular weight is 185 g/mol.